The number of carbonyl (C=O) groups is 4. The van der Waals surface area contributed by atoms with Crippen LogP contribution in [0.2, 0.25) is 0 Å². The van der Waals surface area contributed by atoms with Crippen LogP contribution in [0.15, 0.2) is 18.2 Å². The molecule has 0 aliphatic rings. The van der Waals surface area contributed by atoms with Gasteiger partial charge in [0.05, 0.1) is 0 Å². The van der Waals surface area contributed by atoms with Crippen LogP contribution in [0.3, 0.4) is 0 Å². The van der Waals surface area contributed by atoms with Gasteiger partial charge in [0.25, 0.3) is 0 Å². The van der Waals surface area contributed by atoms with Crippen LogP contribution in [0.5, 0.6) is 11.5 Å². The predicted molar refractivity (Wildman–Crippen MR) is 154 cm³/mol. The van der Waals surface area contributed by atoms with Crippen LogP contribution in [-0.4, -0.2) is 59.0 Å². The van der Waals surface area contributed by atoms with E-state index in [1.165, 1.54) is 18.2 Å². The highest BCUT2D eigenvalue weighted by molar-refractivity contribution is 5.75. The van der Waals surface area contributed by atoms with Crippen LogP contribution in [0.4, 0.5) is 14.4 Å². The number of carbonyl (C=O) groups excluding carboxylic acids is 3. The Morgan fingerprint density at radius 1 is 0.810 bits per heavy atom. The van der Waals surface area contributed by atoms with Crippen LogP contribution < -0.4 is 15.2 Å². The lowest BCUT2D eigenvalue weighted by molar-refractivity contribution is -0.139. The van der Waals surface area contributed by atoms with Crippen molar-refractivity contribution in [2.45, 2.75) is 130 Å². The molecule has 0 aliphatic carbocycles. The highest BCUT2D eigenvalue weighted by Gasteiger charge is 2.32. The molecule has 0 saturated heterocycles. The Bertz CT molecular complexity index is 1070. The molecular weight excluding hydrogens is 550 g/mol. The standard InChI is InChI=1S/C30H47NO11/c1-10-13-18(4)37-26(34)38-19(5)16-21(24(31)25(32)33)20-14-15-22(39-27(35)41-29(6,7)11-2)23(17-20)40-28(36)42-30(8,9)12-3/h14-15,17-19,21,24H,10-13,16,31H2,1-9H3,(H,32,33)/t18?,19?,21?,24-/m0/s1. The summed E-state index contributed by atoms with van der Waals surface area (Å²) in [7, 11) is 0. The molecule has 0 saturated carbocycles. The van der Waals surface area contributed by atoms with Crippen LogP contribution >= 0.6 is 0 Å². The molecule has 4 atom stereocenters. The van der Waals surface area contributed by atoms with Gasteiger partial charge >= 0.3 is 24.4 Å². The fourth-order valence-electron chi connectivity index (χ4n) is 3.63. The lowest BCUT2D eigenvalue weighted by Crippen LogP contribution is -2.38. The highest BCUT2D eigenvalue weighted by Crippen LogP contribution is 2.35. The van der Waals surface area contributed by atoms with Gasteiger partial charge in [-0.2, -0.15) is 0 Å². The number of ether oxygens (including phenoxy) is 6. The van der Waals surface area contributed by atoms with Gasteiger partial charge in [-0.05, 0) is 84.9 Å². The maximum absolute atomic E-state index is 12.7. The maximum atomic E-state index is 12.7. The molecule has 1 rings (SSSR count). The minimum absolute atomic E-state index is 0.00951. The van der Waals surface area contributed by atoms with Crippen LogP contribution in [0.1, 0.15) is 106 Å². The third-order valence-corrected chi connectivity index (χ3v) is 6.80. The summed E-state index contributed by atoms with van der Waals surface area (Å²) in [6, 6.07) is 2.71. The fourth-order valence-corrected chi connectivity index (χ4v) is 3.63. The summed E-state index contributed by atoms with van der Waals surface area (Å²) in [6.45, 7) is 15.8. The zero-order chi connectivity index (χ0) is 32.3. The number of hydrogen-bond acceptors (Lipinski definition) is 11. The first-order valence-electron chi connectivity index (χ1n) is 14.2. The van der Waals surface area contributed by atoms with E-state index in [9.17, 15) is 24.3 Å². The minimum Gasteiger partial charge on any atom is -0.480 e. The van der Waals surface area contributed by atoms with E-state index in [1.54, 1.807) is 41.5 Å². The Labute approximate surface area is 248 Å². The Morgan fingerprint density at radius 3 is 1.79 bits per heavy atom. The van der Waals surface area contributed by atoms with Gasteiger partial charge in [-0.3, -0.25) is 4.79 Å². The summed E-state index contributed by atoms with van der Waals surface area (Å²) >= 11 is 0. The number of carboxylic acid groups (broad SMARTS) is 1. The zero-order valence-electron chi connectivity index (χ0n) is 26.2. The van der Waals surface area contributed by atoms with Gasteiger partial charge in [0.2, 0.25) is 0 Å². The molecule has 1 aromatic carbocycles. The lowest BCUT2D eigenvalue weighted by atomic mass is 9.87. The van der Waals surface area contributed by atoms with Crippen LogP contribution in [0.25, 0.3) is 0 Å². The van der Waals surface area contributed by atoms with E-state index >= 15 is 0 Å². The smallest absolute Gasteiger partial charge is 0.480 e. The van der Waals surface area contributed by atoms with Crippen molar-refractivity contribution in [3.63, 3.8) is 0 Å². The summed E-state index contributed by atoms with van der Waals surface area (Å²) in [5.41, 5.74) is 4.70. The fraction of sp³-hybridized carbons (Fsp3) is 0.667. The minimum atomic E-state index is -1.42. The van der Waals surface area contributed by atoms with Gasteiger partial charge in [0, 0.05) is 5.92 Å². The normalized spacial score (nSPS) is 14.5. The van der Waals surface area contributed by atoms with E-state index in [-0.39, 0.29) is 24.0 Å². The summed E-state index contributed by atoms with van der Waals surface area (Å²) < 4.78 is 32.0. The van der Waals surface area contributed by atoms with Gasteiger partial charge in [-0.25, -0.2) is 14.4 Å². The molecule has 42 heavy (non-hydrogen) atoms. The first-order chi connectivity index (χ1) is 19.4. The molecule has 3 unspecified atom stereocenters. The molecule has 238 valence electrons. The Morgan fingerprint density at radius 2 is 1.31 bits per heavy atom. The molecule has 0 aliphatic heterocycles. The zero-order valence-corrected chi connectivity index (χ0v) is 26.2. The van der Waals surface area contributed by atoms with Crippen molar-refractivity contribution in [2.24, 2.45) is 5.73 Å². The van der Waals surface area contributed by atoms with Gasteiger partial charge in [-0.15, -0.1) is 0 Å². The van der Waals surface area contributed by atoms with Crippen molar-refractivity contribution < 1.29 is 52.7 Å². The number of benzene rings is 1. The molecule has 0 aromatic heterocycles. The monoisotopic (exact) mass is 597 g/mol. The number of hydrogen-bond donors (Lipinski definition) is 2. The molecule has 0 fully saturated rings. The van der Waals surface area contributed by atoms with E-state index in [0.717, 1.165) is 6.42 Å². The van der Waals surface area contributed by atoms with Crippen molar-refractivity contribution in [1.82, 2.24) is 0 Å². The van der Waals surface area contributed by atoms with Crippen molar-refractivity contribution in [3.05, 3.63) is 23.8 Å². The second-order valence-electron chi connectivity index (χ2n) is 11.4. The maximum Gasteiger partial charge on any atom is 0.514 e. The van der Waals surface area contributed by atoms with E-state index in [2.05, 4.69) is 0 Å². The molecule has 0 spiro atoms. The second kappa shape index (κ2) is 16.2. The molecule has 0 radical (unpaired) electrons. The Hall–Kier alpha value is -3.54. The Balaban J connectivity index is 3.38. The molecule has 0 heterocycles. The predicted octanol–water partition coefficient (Wildman–Crippen LogP) is 6.71. The first kappa shape index (κ1) is 36.5. The highest BCUT2D eigenvalue weighted by atomic mass is 16.8. The summed E-state index contributed by atoms with van der Waals surface area (Å²) in [5.74, 6) is -2.60. The molecule has 3 N–H and O–H groups in total. The third kappa shape index (κ3) is 12.5. The van der Waals surface area contributed by atoms with Gasteiger partial charge < -0.3 is 39.3 Å². The average molecular weight is 598 g/mol. The largest absolute Gasteiger partial charge is 0.514 e. The third-order valence-electron chi connectivity index (χ3n) is 6.80. The molecule has 1 aromatic rings. The van der Waals surface area contributed by atoms with Crippen LogP contribution in [0, 0.1) is 0 Å². The van der Waals surface area contributed by atoms with Gasteiger partial charge in [-0.1, -0.05) is 33.3 Å². The molecule has 0 bridgehead atoms. The van der Waals surface area contributed by atoms with Crippen molar-refractivity contribution >= 4 is 24.4 Å². The van der Waals surface area contributed by atoms with Crippen molar-refractivity contribution in [1.29, 1.82) is 0 Å². The second-order valence-corrected chi connectivity index (χ2v) is 11.4. The topological polar surface area (TPSA) is 170 Å². The van der Waals surface area contributed by atoms with Crippen molar-refractivity contribution in [2.75, 3.05) is 0 Å². The van der Waals surface area contributed by atoms with Gasteiger partial charge in [0.15, 0.2) is 11.5 Å². The first-order valence-corrected chi connectivity index (χ1v) is 14.2. The molecule has 12 nitrogen and oxygen atoms in total. The van der Waals surface area contributed by atoms with E-state index in [4.69, 9.17) is 34.2 Å². The van der Waals surface area contributed by atoms with Crippen LogP contribution in [-0.2, 0) is 23.7 Å². The van der Waals surface area contributed by atoms with E-state index < -0.39 is 53.7 Å². The SMILES string of the molecule is CCCC(C)OC(=O)OC(C)CC(c1ccc(OC(=O)OC(C)(C)CC)c(OC(=O)OC(C)(C)CC)c1)[C@H](N)C(=O)O. The van der Waals surface area contributed by atoms with E-state index in [0.29, 0.717) is 24.8 Å². The van der Waals surface area contributed by atoms with E-state index in [1.807, 2.05) is 20.8 Å². The van der Waals surface area contributed by atoms with Crippen molar-refractivity contribution in [3.8, 4) is 11.5 Å². The summed E-state index contributed by atoms with van der Waals surface area (Å²) in [5, 5.41) is 9.71. The van der Waals surface area contributed by atoms with Gasteiger partial charge in [0.1, 0.15) is 29.5 Å². The number of aliphatic carboxylic acids is 1. The number of rotatable bonds is 15. The summed E-state index contributed by atoms with van der Waals surface area (Å²) in [6.07, 6.45) is -1.62. The number of carboxylic acids is 1. The molecule has 0 amide bonds. The average Bonchev–Trinajstić information content (AvgIpc) is 2.87. The lowest BCUT2D eigenvalue weighted by Gasteiger charge is -2.26. The molecular formula is C30H47NO11. The number of nitrogens with two attached hydrogens (primary N) is 1. The molecule has 12 heteroatoms. The summed E-state index contributed by atoms with van der Waals surface area (Å²) in [4.78, 5) is 49.3. The quantitative estimate of drug-likeness (QED) is 0.125. The Kier molecular flexibility index (Phi) is 14.1.